The number of phenols is 1. The Hall–Kier alpha value is -2.79. The van der Waals surface area contributed by atoms with Gasteiger partial charge >= 0.3 is 0 Å². The predicted molar refractivity (Wildman–Crippen MR) is 84.7 cm³/mol. The van der Waals surface area contributed by atoms with Gasteiger partial charge in [0, 0.05) is 13.2 Å². The zero-order valence-electron chi connectivity index (χ0n) is 12.2. The van der Waals surface area contributed by atoms with Crippen LogP contribution in [-0.2, 0) is 9.53 Å². The zero-order chi connectivity index (χ0) is 15.8. The highest BCUT2D eigenvalue weighted by atomic mass is 16.7. The van der Waals surface area contributed by atoms with Crippen molar-refractivity contribution in [1.82, 2.24) is 0 Å². The third kappa shape index (κ3) is 4.64. The molecule has 0 heterocycles. The molecule has 5 nitrogen and oxygen atoms in total. The fourth-order valence-corrected chi connectivity index (χ4v) is 1.73. The number of ether oxygens (including phenoxy) is 2. The molecule has 2 rings (SSSR count). The summed E-state index contributed by atoms with van der Waals surface area (Å²) in [6, 6.07) is 13.8. The van der Waals surface area contributed by atoms with Crippen LogP contribution in [0.25, 0.3) is 6.08 Å². The smallest absolute Gasteiger partial charge is 0.248 e. The maximum absolute atomic E-state index is 11.8. The SMILES string of the molecule is COCOc1ccc(/C=C/C(=O)Nc2ccccc2O)cc1. The normalized spacial score (nSPS) is 10.6. The lowest BCUT2D eigenvalue weighted by atomic mass is 10.2. The molecule has 2 aromatic rings. The molecule has 0 aliphatic carbocycles. The minimum atomic E-state index is -0.318. The van der Waals surface area contributed by atoms with Crippen molar-refractivity contribution in [2.75, 3.05) is 19.2 Å². The Kier molecular flexibility index (Phi) is 5.57. The third-order valence-corrected chi connectivity index (χ3v) is 2.81. The van der Waals surface area contributed by atoms with Crippen LogP contribution in [0, 0.1) is 0 Å². The second-order valence-corrected chi connectivity index (χ2v) is 4.46. The first-order valence-corrected chi connectivity index (χ1v) is 6.68. The lowest BCUT2D eigenvalue weighted by molar-refractivity contribution is -0.111. The van der Waals surface area contributed by atoms with Crippen molar-refractivity contribution in [3.63, 3.8) is 0 Å². The summed E-state index contributed by atoms with van der Waals surface area (Å²) in [7, 11) is 1.56. The van der Waals surface area contributed by atoms with Crippen LogP contribution < -0.4 is 10.1 Å². The van der Waals surface area contributed by atoms with Gasteiger partial charge in [-0.1, -0.05) is 24.3 Å². The van der Waals surface area contributed by atoms with Crippen LogP contribution in [0.1, 0.15) is 5.56 Å². The summed E-state index contributed by atoms with van der Waals surface area (Å²) in [6.45, 7) is 0.193. The summed E-state index contributed by atoms with van der Waals surface area (Å²) in [4.78, 5) is 11.8. The van der Waals surface area contributed by atoms with Gasteiger partial charge in [0.25, 0.3) is 0 Å². The van der Waals surface area contributed by atoms with Gasteiger partial charge < -0.3 is 19.9 Å². The molecule has 22 heavy (non-hydrogen) atoms. The molecule has 2 N–H and O–H groups in total. The number of carbonyl (C=O) groups is 1. The van der Waals surface area contributed by atoms with Gasteiger partial charge in [-0.2, -0.15) is 0 Å². The van der Waals surface area contributed by atoms with Gasteiger partial charge in [0.05, 0.1) is 5.69 Å². The van der Waals surface area contributed by atoms with Gasteiger partial charge in [0.15, 0.2) is 6.79 Å². The molecule has 0 saturated heterocycles. The average Bonchev–Trinajstić information content (AvgIpc) is 2.54. The van der Waals surface area contributed by atoms with Crippen molar-refractivity contribution in [2.24, 2.45) is 0 Å². The first-order valence-electron chi connectivity index (χ1n) is 6.68. The van der Waals surface area contributed by atoms with Crippen molar-refractivity contribution < 1.29 is 19.4 Å². The molecule has 114 valence electrons. The molecule has 0 fully saturated rings. The standard InChI is InChI=1S/C17H17NO4/c1-21-12-22-14-9-6-13(7-10-14)8-11-17(20)18-15-4-2-3-5-16(15)19/h2-11,19H,12H2,1H3,(H,18,20)/b11-8+. The number of amides is 1. The number of benzene rings is 2. The summed E-state index contributed by atoms with van der Waals surface area (Å²) >= 11 is 0. The quantitative estimate of drug-likeness (QED) is 0.489. The maximum atomic E-state index is 11.8. The number of methoxy groups -OCH3 is 1. The molecule has 0 radical (unpaired) electrons. The van der Waals surface area contributed by atoms with Gasteiger partial charge in [-0.3, -0.25) is 4.79 Å². The van der Waals surface area contributed by atoms with Crippen molar-refractivity contribution in [2.45, 2.75) is 0 Å². The Morgan fingerprint density at radius 3 is 2.59 bits per heavy atom. The zero-order valence-corrected chi connectivity index (χ0v) is 12.2. The summed E-state index contributed by atoms with van der Waals surface area (Å²) in [5, 5.41) is 12.2. The van der Waals surface area contributed by atoms with Crippen molar-refractivity contribution >= 4 is 17.7 Å². The summed E-state index contributed by atoms with van der Waals surface area (Å²) in [6.07, 6.45) is 3.08. The number of carbonyl (C=O) groups excluding carboxylic acids is 1. The predicted octanol–water partition coefficient (Wildman–Crippen LogP) is 3.03. The topological polar surface area (TPSA) is 67.8 Å². The Bertz CT molecular complexity index is 650. The average molecular weight is 299 g/mol. The summed E-state index contributed by atoms with van der Waals surface area (Å²) < 4.78 is 10.1. The molecular weight excluding hydrogens is 282 g/mol. The molecule has 1 amide bonds. The first-order chi connectivity index (χ1) is 10.7. The van der Waals surface area contributed by atoms with E-state index < -0.39 is 0 Å². The Labute approximate surface area is 128 Å². The second-order valence-electron chi connectivity index (χ2n) is 4.46. The molecule has 0 aliphatic rings. The number of anilines is 1. The third-order valence-electron chi connectivity index (χ3n) is 2.81. The van der Waals surface area contributed by atoms with Gasteiger partial charge in [0.1, 0.15) is 11.5 Å². The van der Waals surface area contributed by atoms with E-state index in [9.17, 15) is 9.90 Å². The maximum Gasteiger partial charge on any atom is 0.248 e. The molecule has 0 unspecified atom stereocenters. The summed E-state index contributed by atoms with van der Waals surface area (Å²) in [5.41, 5.74) is 1.23. The number of nitrogens with one attached hydrogen (secondary N) is 1. The van der Waals surface area contributed by atoms with E-state index in [0.29, 0.717) is 11.4 Å². The van der Waals surface area contributed by atoms with E-state index in [1.165, 1.54) is 12.1 Å². The van der Waals surface area contributed by atoms with Crippen molar-refractivity contribution in [3.05, 3.63) is 60.2 Å². The monoisotopic (exact) mass is 299 g/mol. The van der Waals surface area contributed by atoms with Crippen LogP contribution in [0.5, 0.6) is 11.5 Å². The van der Waals surface area contributed by atoms with Crippen LogP contribution in [0.3, 0.4) is 0 Å². The van der Waals surface area contributed by atoms with E-state index in [-0.39, 0.29) is 18.4 Å². The molecule has 0 aliphatic heterocycles. The highest BCUT2D eigenvalue weighted by Gasteiger charge is 2.02. The first kappa shape index (κ1) is 15.6. The number of hydrogen-bond acceptors (Lipinski definition) is 4. The number of aromatic hydroxyl groups is 1. The van der Waals surface area contributed by atoms with Crippen LogP contribution in [-0.4, -0.2) is 24.9 Å². The van der Waals surface area contributed by atoms with E-state index >= 15 is 0 Å². The van der Waals surface area contributed by atoms with Gasteiger partial charge in [-0.25, -0.2) is 0 Å². The molecule has 2 aromatic carbocycles. The Morgan fingerprint density at radius 1 is 1.18 bits per heavy atom. The van der Waals surface area contributed by atoms with Crippen molar-refractivity contribution in [3.8, 4) is 11.5 Å². The van der Waals surface area contributed by atoms with Gasteiger partial charge in [-0.15, -0.1) is 0 Å². The van der Waals surface area contributed by atoms with E-state index in [0.717, 1.165) is 5.56 Å². The highest BCUT2D eigenvalue weighted by molar-refractivity contribution is 6.02. The molecular formula is C17H17NO4. The van der Waals surface area contributed by atoms with Crippen LogP contribution in [0.2, 0.25) is 0 Å². The minimum Gasteiger partial charge on any atom is -0.506 e. The Balaban J connectivity index is 1.93. The fourth-order valence-electron chi connectivity index (χ4n) is 1.73. The molecule has 0 aromatic heterocycles. The van der Waals surface area contributed by atoms with Gasteiger partial charge in [0.2, 0.25) is 5.91 Å². The lowest BCUT2D eigenvalue weighted by Crippen LogP contribution is -2.07. The molecule has 0 bridgehead atoms. The Morgan fingerprint density at radius 2 is 1.91 bits per heavy atom. The largest absolute Gasteiger partial charge is 0.506 e. The van der Waals surface area contributed by atoms with E-state index in [1.807, 2.05) is 12.1 Å². The number of rotatable bonds is 6. The number of para-hydroxylation sites is 2. The number of phenolic OH excluding ortho intramolecular Hbond substituents is 1. The number of hydrogen-bond donors (Lipinski definition) is 2. The fraction of sp³-hybridized carbons (Fsp3) is 0.118. The lowest BCUT2D eigenvalue weighted by Gasteiger charge is -2.05. The van der Waals surface area contributed by atoms with Crippen LogP contribution in [0.4, 0.5) is 5.69 Å². The van der Waals surface area contributed by atoms with E-state index in [1.54, 1.807) is 43.5 Å². The van der Waals surface area contributed by atoms with Gasteiger partial charge in [-0.05, 0) is 35.9 Å². The molecule has 0 saturated carbocycles. The van der Waals surface area contributed by atoms with Crippen LogP contribution >= 0.6 is 0 Å². The highest BCUT2D eigenvalue weighted by Crippen LogP contribution is 2.21. The summed E-state index contributed by atoms with van der Waals surface area (Å²) in [5.74, 6) is 0.405. The molecule has 0 atom stereocenters. The van der Waals surface area contributed by atoms with E-state index in [4.69, 9.17) is 9.47 Å². The molecule has 5 heteroatoms. The van der Waals surface area contributed by atoms with Crippen molar-refractivity contribution in [1.29, 1.82) is 0 Å². The van der Waals surface area contributed by atoms with E-state index in [2.05, 4.69) is 5.32 Å². The second kappa shape index (κ2) is 7.85. The van der Waals surface area contributed by atoms with Crippen LogP contribution in [0.15, 0.2) is 54.6 Å². The molecule has 0 spiro atoms. The minimum absolute atomic E-state index is 0.0314.